The van der Waals surface area contributed by atoms with Gasteiger partial charge < -0.3 is 51.7 Å². The standard InChI is InChI=1S/C16H33N3O9/c20-6-1-12(24)14(26)15(27)16(28)19-5-3-17-2-4-18-13(25)8-10(22)7-11(23)9-21/h10-12,14-15,17,20-24,26-27H,1-9H2,(H,18,25)(H,19,28)/t10-,11-,12+,14-,15+/m0/s1. The second-order valence-corrected chi connectivity index (χ2v) is 6.34. The molecule has 2 amide bonds. The molecule has 0 spiro atoms. The van der Waals surface area contributed by atoms with Crippen molar-refractivity contribution in [3.63, 3.8) is 0 Å². The molecular weight excluding hydrogens is 378 g/mol. The highest BCUT2D eigenvalue weighted by Crippen LogP contribution is 2.04. The van der Waals surface area contributed by atoms with Gasteiger partial charge in [-0.2, -0.15) is 0 Å². The van der Waals surface area contributed by atoms with Gasteiger partial charge in [-0.05, 0) is 6.42 Å². The van der Waals surface area contributed by atoms with E-state index in [9.17, 15) is 30.0 Å². The van der Waals surface area contributed by atoms with Crippen LogP contribution in [0.2, 0.25) is 0 Å². The lowest BCUT2D eigenvalue weighted by Crippen LogP contribution is -2.48. The molecule has 0 fully saturated rings. The van der Waals surface area contributed by atoms with Crippen LogP contribution in [0.15, 0.2) is 0 Å². The van der Waals surface area contributed by atoms with E-state index in [0.717, 1.165) is 0 Å². The third-order valence-electron chi connectivity index (χ3n) is 3.81. The molecule has 12 heteroatoms. The molecule has 0 unspecified atom stereocenters. The molecule has 166 valence electrons. The van der Waals surface area contributed by atoms with Crippen LogP contribution in [0.1, 0.15) is 19.3 Å². The predicted octanol–water partition coefficient (Wildman–Crippen LogP) is -5.23. The lowest BCUT2D eigenvalue weighted by Gasteiger charge is -2.21. The van der Waals surface area contributed by atoms with Crippen LogP contribution in [0.25, 0.3) is 0 Å². The van der Waals surface area contributed by atoms with Gasteiger partial charge in [0.05, 0.1) is 31.3 Å². The smallest absolute Gasteiger partial charge is 0.251 e. The van der Waals surface area contributed by atoms with Crippen LogP contribution in [-0.4, -0.2) is 117 Å². The van der Waals surface area contributed by atoms with Crippen molar-refractivity contribution in [2.24, 2.45) is 0 Å². The van der Waals surface area contributed by atoms with E-state index < -0.39 is 55.5 Å². The molecule has 28 heavy (non-hydrogen) atoms. The van der Waals surface area contributed by atoms with E-state index in [2.05, 4.69) is 16.0 Å². The Labute approximate surface area is 163 Å². The molecule has 10 N–H and O–H groups in total. The molecule has 0 heterocycles. The van der Waals surface area contributed by atoms with Gasteiger partial charge >= 0.3 is 0 Å². The summed E-state index contributed by atoms with van der Waals surface area (Å²) < 4.78 is 0. The summed E-state index contributed by atoms with van der Waals surface area (Å²) in [5, 5.41) is 72.4. The Balaban J connectivity index is 3.78. The van der Waals surface area contributed by atoms with Crippen molar-refractivity contribution in [1.82, 2.24) is 16.0 Å². The first-order valence-corrected chi connectivity index (χ1v) is 9.10. The van der Waals surface area contributed by atoms with E-state index in [-0.39, 0.29) is 32.4 Å². The van der Waals surface area contributed by atoms with Crippen LogP contribution >= 0.6 is 0 Å². The minimum absolute atomic E-state index is 0.0978. The molecule has 0 saturated heterocycles. The number of nitrogens with one attached hydrogen (secondary N) is 3. The van der Waals surface area contributed by atoms with Gasteiger partial charge in [0.25, 0.3) is 5.91 Å². The summed E-state index contributed by atoms with van der Waals surface area (Å²) in [5.41, 5.74) is 0. The average Bonchev–Trinajstić information content (AvgIpc) is 2.65. The maximum atomic E-state index is 11.6. The summed E-state index contributed by atoms with van der Waals surface area (Å²) in [6.45, 7) is 0.197. The summed E-state index contributed by atoms with van der Waals surface area (Å²) in [6, 6.07) is 0. The Kier molecular flexibility index (Phi) is 14.8. The number of aliphatic hydroxyl groups excluding tert-OH is 7. The second kappa shape index (κ2) is 15.5. The van der Waals surface area contributed by atoms with E-state index in [1.54, 1.807) is 0 Å². The van der Waals surface area contributed by atoms with E-state index in [4.69, 9.17) is 15.3 Å². The summed E-state index contributed by atoms with van der Waals surface area (Å²) in [6.07, 6.45) is -7.54. The van der Waals surface area contributed by atoms with Gasteiger partial charge in [-0.3, -0.25) is 9.59 Å². The topological polar surface area (TPSA) is 212 Å². The van der Waals surface area contributed by atoms with Gasteiger partial charge in [-0.25, -0.2) is 0 Å². The number of carbonyl (C=O) groups is 2. The molecule has 5 atom stereocenters. The minimum atomic E-state index is -1.82. The lowest BCUT2D eigenvalue weighted by molar-refractivity contribution is -0.141. The van der Waals surface area contributed by atoms with Crippen molar-refractivity contribution in [1.29, 1.82) is 0 Å². The first-order valence-electron chi connectivity index (χ1n) is 9.10. The molecule has 0 aromatic heterocycles. The Morgan fingerprint density at radius 2 is 1.43 bits per heavy atom. The van der Waals surface area contributed by atoms with Gasteiger partial charge in [-0.15, -0.1) is 0 Å². The molecule has 0 rings (SSSR count). The zero-order valence-corrected chi connectivity index (χ0v) is 15.7. The van der Waals surface area contributed by atoms with Crippen molar-refractivity contribution >= 4 is 11.8 Å². The molecule has 0 aliphatic carbocycles. The third kappa shape index (κ3) is 12.2. The fourth-order valence-corrected chi connectivity index (χ4v) is 2.22. The Morgan fingerprint density at radius 3 is 2.00 bits per heavy atom. The van der Waals surface area contributed by atoms with E-state index in [0.29, 0.717) is 13.1 Å². The summed E-state index contributed by atoms with van der Waals surface area (Å²) in [7, 11) is 0. The fraction of sp³-hybridized carbons (Fsp3) is 0.875. The third-order valence-corrected chi connectivity index (χ3v) is 3.81. The van der Waals surface area contributed by atoms with Gasteiger partial charge in [0.1, 0.15) is 6.10 Å². The summed E-state index contributed by atoms with van der Waals surface area (Å²) in [4.78, 5) is 23.2. The Morgan fingerprint density at radius 1 is 0.821 bits per heavy atom. The highest BCUT2D eigenvalue weighted by Gasteiger charge is 2.29. The normalized spacial score (nSPS) is 16.7. The van der Waals surface area contributed by atoms with Crippen LogP contribution in [0, 0.1) is 0 Å². The number of hydrogen-bond acceptors (Lipinski definition) is 10. The van der Waals surface area contributed by atoms with Gasteiger partial charge in [0, 0.05) is 39.2 Å². The maximum absolute atomic E-state index is 11.6. The van der Waals surface area contributed by atoms with Crippen LogP contribution in [0.5, 0.6) is 0 Å². The Bertz CT molecular complexity index is 442. The Hall–Kier alpha value is -1.38. The molecule has 0 bridgehead atoms. The van der Waals surface area contributed by atoms with E-state index in [1.807, 2.05) is 0 Å². The van der Waals surface area contributed by atoms with Gasteiger partial charge in [0.2, 0.25) is 5.91 Å². The molecule has 0 aromatic rings. The molecule has 0 saturated carbocycles. The maximum Gasteiger partial charge on any atom is 0.251 e. The molecule has 0 radical (unpaired) electrons. The van der Waals surface area contributed by atoms with Crippen molar-refractivity contribution in [3.8, 4) is 0 Å². The largest absolute Gasteiger partial charge is 0.396 e. The summed E-state index contributed by atoms with van der Waals surface area (Å²) in [5.74, 6) is -1.27. The first-order chi connectivity index (χ1) is 13.2. The molecule has 0 aliphatic heterocycles. The molecular formula is C16H33N3O9. The lowest BCUT2D eigenvalue weighted by atomic mass is 10.1. The van der Waals surface area contributed by atoms with Crippen LogP contribution in [0.3, 0.4) is 0 Å². The molecule has 0 aromatic carbocycles. The van der Waals surface area contributed by atoms with E-state index in [1.165, 1.54) is 0 Å². The van der Waals surface area contributed by atoms with Crippen molar-refractivity contribution < 1.29 is 45.3 Å². The number of carbonyl (C=O) groups excluding carboxylic acids is 2. The van der Waals surface area contributed by atoms with Crippen LogP contribution in [0.4, 0.5) is 0 Å². The van der Waals surface area contributed by atoms with Gasteiger partial charge in [0.15, 0.2) is 6.10 Å². The number of amides is 2. The monoisotopic (exact) mass is 411 g/mol. The van der Waals surface area contributed by atoms with Crippen LogP contribution < -0.4 is 16.0 Å². The van der Waals surface area contributed by atoms with E-state index >= 15 is 0 Å². The second-order valence-electron chi connectivity index (χ2n) is 6.34. The molecule has 0 aliphatic rings. The highest BCUT2D eigenvalue weighted by molar-refractivity contribution is 5.81. The molecule has 12 nitrogen and oxygen atoms in total. The predicted molar refractivity (Wildman–Crippen MR) is 96.9 cm³/mol. The fourth-order valence-electron chi connectivity index (χ4n) is 2.22. The number of aliphatic hydroxyl groups is 7. The van der Waals surface area contributed by atoms with Crippen molar-refractivity contribution in [2.75, 3.05) is 39.4 Å². The SMILES string of the molecule is O=C(C[C@@H](O)C[C@H](O)CO)NCCNCCNC(=O)[C@H](O)[C@@H](O)[C@H](O)CCO. The average molecular weight is 411 g/mol. The van der Waals surface area contributed by atoms with Crippen LogP contribution in [-0.2, 0) is 9.59 Å². The number of hydrogen-bond donors (Lipinski definition) is 10. The highest BCUT2D eigenvalue weighted by atomic mass is 16.4. The zero-order valence-electron chi connectivity index (χ0n) is 15.7. The van der Waals surface area contributed by atoms with Gasteiger partial charge in [-0.1, -0.05) is 0 Å². The van der Waals surface area contributed by atoms with Crippen molar-refractivity contribution in [3.05, 3.63) is 0 Å². The quantitative estimate of drug-likeness (QED) is 0.109. The zero-order chi connectivity index (χ0) is 21.5. The minimum Gasteiger partial charge on any atom is -0.396 e. The van der Waals surface area contributed by atoms with Crippen molar-refractivity contribution in [2.45, 2.75) is 49.8 Å². The number of rotatable bonds is 16. The summed E-state index contributed by atoms with van der Waals surface area (Å²) >= 11 is 0. The first kappa shape index (κ1) is 26.6.